The van der Waals surface area contributed by atoms with Crippen molar-refractivity contribution in [1.82, 2.24) is 4.90 Å². The highest BCUT2D eigenvalue weighted by atomic mass is 35.5. The number of nitrogens with zero attached hydrogens (tertiary/aromatic N) is 1. The molecule has 1 saturated heterocycles. The van der Waals surface area contributed by atoms with E-state index in [-0.39, 0.29) is 23.4 Å². The van der Waals surface area contributed by atoms with Crippen LogP contribution in [-0.4, -0.2) is 36.4 Å². The van der Waals surface area contributed by atoms with Gasteiger partial charge in [-0.25, -0.2) is 4.39 Å². The van der Waals surface area contributed by atoms with Gasteiger partial charge in [-0.15, -0.1) is 0 Å². The van der Waals surface area contributed by atoms with Crippen molar-refractivity contribution in [1.29, 1.82) is 0 Å². The first-order valence-corrected chi connectivity index (χ1v) is 9.70. The van der Waals surface area contributed by atoms with Gasteiger partial charge in [0.1, 0.15) is 11.9 Å². The molecule has 3 rings (SSSR count). The summed E-state index contributed by atoms with van der Waals surface area (Å²) in [5.41, 5.74) is 1.97. The smallest absolute Gasteiger partial charge is 0.246 e. The molecule has 29 heavy (non-hydrogen) atoms. The Morgan fingerprint density at radius 3 is 2.62 bits per heavy atom. The topological polar surface area (TPSA) is 58.6 Å². The Hall–Kier alpha value is -2.41. The summed E-state index contributed by atoms with van der Waals surface area (Å²) in [4.78, 5) is 25.2. The molecular weight excluding hydrogens is 418 g/mol. The third-order valence-corrected chi connectivity index (χ3v) is 5.03. The van der Waals surface area contributed by atoms with E-state index in [2.05, 4.69) is 5.32 Å². The molecule has 2 amide bonds. The Bertz CT molecular complexity index is 948. The highest BCUT2D eigenvalue weighted by molar-refractivity contribution is 6.35. The average Bonchev–Trinajstić information content (AvgIpc) is 2.69. The van der Waals surface area contributed by atoms with E-state index in [0.29, 0.717) is 29.4 Å². The number of nitrogens with one attached hydrogen (secondary N) is 1. The van der Waals surface area contributed by atoms with Crippen LogP contribution in [0.2, 0.25) is 10.0 Å². The van der Waals surface area contributed by atoms with Crippen molar-refractivity contribution in [3.63, 3.8) is 0 Å². The molecule has 0 bridgehead atoms. The molecule has 0 aliphatic carbocycles. The van der Waals surface area contributed by atoms with Crippen LogP contribution in [0.5, 0.6) is 0 Å². The van der Waals surface area contributed by atoms with Crippen LogP contribution >= 0.6 is 23.2 Å². The van der Waals surface area contributed by atoms with Crippen molar-refractivity contribution in [3.8, 4) is 0 Å². The highest BCUT2D eigenvalue weighted by Crippen LogP contribution is 2.32. The van der Waals surface area contributed by atoms with Crippen molar-refractivity contribution in [3.05, 3.63) is 69.5 Å². The summed E-state index contributed by atoms with van der Waals surface area (Å²) < 4.78 is 19.5. The maximum atomic E-state index is 13.8. The molecule has 1 unspecified atom stereocenters. The molecule has 0 aromatic heterocycles. The van der Waals surface area contributed by atoms with Gasteiger partial charge in [-0.3, -0.25) is 9.59 Å². The summed E-state index contributed by atoms with van der Waals surface area (Å²) >= 11 is 11.9. The van der Waals surface area contributed by atoms with Gasteiger partial charge in [-0.2, -0.15) is 0 Å². The number of hydrogen-bond acceptors (Lipinski definition) is 3. The third kappa shape index (κ3) is 5.56. The number of hydrogen-bond donors (Lipinski definition) is 1. The van der Waals surface area contributed by atoms with Crippen LogP contribution in [0.15, 0.2) is 42.5 Å². The zero-order chi connectivity index (χ0) is 21.0. The maximum Gasteiger partial charge on any atom is 0.246 e. The quantitative estimate of drug-likeness (QED) is 0.557. The number of ether oxygens (including phenoxy) is 1. The van der Waals surface area contributed by atoms with E-state index in [0.717, 1.165) is 5.56 Å². The summed E-state index contributed by atoms with van der Waals surface area (Å²) in [7, 11) is 0. The van der Waals surface area contributed by atoms with Crippen LogP contribution in [0, 0.1) is 5.82 Å². The number of morpholine rings is 1. The zero-order valence-corrected chi connectivity index (χ0v) is 17.1. The first kappa shape index (κ1) is 21.3. The Balaban J connectivity index is 1.66. The van der Waals surface area contributed by atoms with Gasteiger partial charge in [-0.1, -0.05) is 35.3 Å². The van der Waals surface area contributed by atoms with Gasteiger partial charge in [0.05, 0.1) is 18.2 Å². The van der Waals surface area contributed by atoms with E-state index in [4.69, 9.17) is 27.9 Å². The standard InChI is InChI=1S/C21H19Cl2FN2O3/c1-13(27)25-15-5-2-14(3-6-15)4-7-21(28)26-8-9-29-20(12-26)16-10-19(24)18(23)11-17(16)22/h2-7,10-11,20H,8-9,12H2,1H3,(H,25,27)/b7-4+. The Kier molecular flexibility index (Phi) is 6.90. The molecule has 1 aliphatic rings. The fourth-order valence-corrected chi connectivity index (χ4v) is 3.48. The summed E-state index contributed by atoms with van der Waals surface area (Å²) in [6.07, 6.45) is 2.64. The number of carbonyl (C=O) groups excluding carboxylic acids is 2. The highest BCUT2D eigenvalue weighted by Gasteiger charge is 2.26. The third-order valence-electron chi connectivity index (χ3n) is 4.41. The Morgan fingerprint density at radius 2 is 1.93 bits per heavy atom. The molecule has 0 spiro atoms. The molecule has 1 aliphatic heterocycles. The minimum Gasteiger partial charge on any atom is -0.370 e. The first-order chi connectivity index (χ1) is 13.8. The van der Waals surface area contributed by atoms with Crippen LogP contribution in [-0.2, 0) is 14.3 Å². The summed E-state index contributed by atoms with van der Waals surface area (Å²) in [5, 5.41) is 2.92. The Morgan fingerprint density at radius 1 is 1.21 bits per heavy atom. The van der Waals surface area contributed by atoms with Crippen molar-refractivity contribution in [2.24, 2.45) is 0 Å². The van der Waals surface area contributed by atoms with Gasteiger partial charge in [0.2, 0.25) is 11.8 Å². The molecule has 8 heteroatoms. The summed E-state index contributed by atoms with van der Waals surface area (Å²) in [6, 6.07) is 9.69. The summed E-state index contributed by atoms with van der Waals surface area (Å²) in [5.74, 6) is -0.915. The van der Waals surface area contributed by atoms with E-state index in [9.17, 15) is 14.0 Å². The number of benzene rings is 2. The zero-order valence-electron chi connectivity index (χ0n) is 15.6. The Labute approximate surface area is 178 Å². The minimum atomic E-state index is -0.583. The van der Waals surface area contributed by atoms with E-state index in [1.54, 1.807) is 35.2 Å². The van der Waals surface area contributed by atoms with Crippen molar-refractivity contribution in [2.75, 3.05) is 25.0 Å². The fourth-order valence-electron chi connectivity index (χ4n) is 2.98. The SMILES string of the molecule is CC(=O)Nc1ccc(/C=C/C(=O)N2CCOC(c3cc(F)c(Cl)cc3Cl)C2)cc1. The van der Waals surface area contributed by atoms with E-state index in [1.165, 1.54) is 25.1 Å². The van der Waals surface area contributed by atoms with Crippen LogP contribution in [0.1, 0.15) is 24.2 Å². The maximum absolute atomic E-state index is 13.8. The van der Waals surface area contributed by atoms with Gasteiger partial charge in [-0.05, 0) is 35.9 Å². The lowest BCUT2D eigenvalue weighted by Gasteiger charge is -2.33. The monoisotopic (exact) mass is 436 g/mol. The van der Waals surface area contributed by atoms with Gasteiger partial charge in [0.15, 0.2) is 0 Å². The molecule has 2 aromatic rings. The normalized spacial score (nSPS) is 16.8. The van der Waals surface area contributed by atoms with Crippen LogP contribution in [0.25, 0.3) is 6.08 Å². The molecule has 152 valence electrons. The predicted octanol–water partition coefficient (Wildman–Crippen LogP) is 4.70. The number of halogens is 3. The average molecular weight is 437 g/mol. The second-order valence-corrected chi connectivity index (χ2v) is 7.38. The van der Waals surface area contributed by atoms with Crippen molar-refractivity contribution < 1.29 is 18.7 Å². The number of rotatable bonds is 4. The second kappa shape index (κ2) is 9.39. The molecule has 2 aromatic carbocycles. The molecule has 5 nitrogen and oxygen atoms in total. The van der Waals surface area contributed by atoms with Crippen molar-refractivity contribution >= 4 is 46.8 Å². The van der Waals surface area contributed by atoms with Crippen LogP contribution in [0.4, 0.5) is 10.1 Å². The summed E-state index contributed by atoms with van der Waals surface area (Å²) in [6.45, 7) is 2.43. The largest absolute Gasteiger partial charge is 0.370 e. The van der Waals surface area contributed by atoms with Gasteiger partial charge in [0.25, 0.3) is 0 Å². The van der Waals surface area contributed by atoms with Crippen LogP contribution in [0.3, 0.4) is 0 Å². The van der Waals surface area contributed by atoms with Gasteiger partial charge in [0, 0.05) is 35.8 Å². The number of amides is 2. The lowest BCUT2D eigenvalue weighted by Crippen LogP contribution is -2.41. The first-order valence-electron chi connectivity index (χ1n) is 8.94. The molecular formula is C21H19Cl2FN2O3. The lowest BCUT2D eigenvalue weighted by atomic mass is 10.1. The molecule has 1 fully saturated rings. The number of anilines is 1. The van der Waals surface area contributed by atoms with Gasteiger partial charge < -0.3 is 15.0 Å². The van der Waals surface area contributed by atoms with E-state index in [1.807, 2.05) is 0 Å². The molecule has 1 N–H and O–H groups in total. The van der Waals surface area contributed by atoms with E-state index < -0.39 is 11.9 Å². The minimum absolute atomic E-state index is 0.0602. The molecule has 0 radical (unpaired) electrons. The second-order valence-electron chi connectivity index (χ2n) is 6.57. The predicted molar refractivity (Wildman–Crippen MR) is 111 cm³/mol. The molecule has 1 atom stereocenters. The fraction of sp³-hybridized carbons (Fsp3) is 0.238. The molecule has 0 saturated carbocycles. The van der Waals surface area contributed by atoms with Crippen LogP contribution < -0.4 is 5.32 Å². The number of carbonyl (C=O) groups is 2. The van der Waals surface area contributed by atoms with Gasteiger partial charge >= 0.3 is 0 Å². The van der Waals surface area contributed by atoms with Crippen molar-refractivity contribution in [2.45, 2.75) is 13.0 Å². The molecule has 1 heterocycles. The van der Waals surface area contributed by atoms with E-state index >= 15 is 0 Å². The lowest BCUT2D eigenvalue weighted by molar-refractivity contribution is -0.133.